The molecule has 140 valence electrons. The van der Waals surface area contributed by atoms with Gasteiger partial charge in [-0.15, -0.1) is 0 Å². The Kier molecular flexibility index (Phi) is 5.09. The molecular formula is C18H24ClN5O2. The predicted molar refractivity (Wildman–Crippen MR) is 102 cm³/mol. The van der Waals surface area contributed by atoms with Crippen LogP contribution in [-0.2, 0) is 4.79 Å². The van der Waals surface area contributed by atoms with E-state index < -0.39 is 5.54 Å². The van der Waals surface area contributed by atoms with E-state index in [2.05, 4.69) is 10.3 Å². The van der Waals surface area contributed by atoms with E-state index in [0.29, 0.717) is 30.2 Å². The van der Waals surface area contributed by atoms with Crippen LogP contribution in [0.25, 0.3) is 0 Å². The first-order valence-electron chi connectivity index (χ1n) is 8.72. The van der Waals surface area contributed by atoms with Crippen LogP contribution in [0.5, 0.6) is 0 Å². The fourth-order valence-corrected chi connectivity index (χ4v) is 3.70. The highest BCUT2D eigenvalue weighted by molar-refractivity contribution is 6.30. The fraction of sp³-hybridized carbons (Fsp3) is 0.500. The molecular weight excluding hydrogens is 354 g/mol. The lowest BCUT2D eigenvalue weighted by molar-refractivity contribution is -0.129. The number of piperidine rings is 1. The average Bonchev–Trinajstić information content (AvgIpc) is 2.61. The van der Waals surface area contributed by atoms with Crippen LogP contribution < -0.4 is 11.1 Å². The summed E-state index contributed by atoms with van der Waals surface area (Å²) in [5.74, 6) is 0.289. The van der Waals surface area contributed by atoms with Gasteiger partial charge in [0.05, 0.1) is 12.0 Å². The summed E-state index contributed by atoms with van der Waals surface area (Å²) in [5.41, 5.74) is 6.03. The highest BCUT2D eigenvalue weighted by Gasteiger charge is 2.43. The normalized spacial score (nSPS) is 26.5. The summed E-state index contributed by atoms with van der Waals surface area (Å²) in [6, 6.07) is 6.85. The van der Waals surface area contributed by atoms with Crippen molar-refractivity contribution in [3.8, 4) is 0 Å². The average molecular weight is 378 g/mol. The van der Waals surface area contributed by atoms with Crippen LogP contribution in [0.15, 0.2) is 29.3 Å². The summed E-state index contributed by atoms with van der Waals surface area (Å²) in [6.45, 7) is 3.18. The minimum Gasteiger partial charge on any atom is -0.369 e. The third-order valence-corrected chi connectivity index (χ3v) is 5.53. The van der Waals surface area contributed by atoms with Gasteiger partial charge in [-0.1, -0.05) is 11.6 Å². The second-order valence-electron chi connectivity index (χ2n) is 7.18. The van der Waals surface area contributed by atoms with Crippen molar-refractivity contribution >= 4 is 35.2 Å². The lowest BCUT2D eigenvalue weighted by atomic mass is 9.77. The number of hydrogen-bond acceptors (Lipinski definition) is 4. The molecule has 1 fully saturated rings. The van der Waals surface area contributed by atoms with Crippen molar-refractivity contribution < 1.29 is 9.59 Å². The number of carbonyl (C=O) groups is 2. The Balaban J connectivity index is 1.70. The number of nitrogens with two attached hydrogens (primary N) is 1. The van der Waals surface area contributed by atoms with Gasteiger partial charge in [0.25, 0.3) is 0 Å². The van der Waals surface area contributed by atoms with Gasteiger partial charge >= 0.3 is 6.03 Å². The number of anilines is 1. The number of nitrogens with one attached hydrogen (secondary N) is 1. The van der Waals surface area contributed by atoms with Gasteiger partial charge in [0.2, 0.25) is 5.91 Å². The molecule has 1 saturated heterocycles. The number of benzene rings is 1. The lowest BCUT2D eigenvalue weighted by Crippen LogP contribution is -2.55. The molecule has 0 saturated carbocycles. The zero-order chi connectivity index (χ0) is 18.9. The first-order valence-corrected chi connectivity index (χ1v) is 9.10. The predicted octanol–water partition coefficient (Wildman–Crippen LogP) is 2.52. The molecule has 0 bridgehead atoms. The standard InChI is InChI=1S/C18H24ClN5O2/c1-18(10-15(25)23(2)16(20)22-18)12-4-3-9-24(11-12)17(26)21-14-7-5-13(19)6-8-14/h5-8,12H,3-4,9-11H2,1-2H3,(H2,20,22)(H,21,26)/t12?,18-/m0/s1. The number of likely N-dealkylation sites (tertiary alicyclic amines) is 1. The molecule has 1 aromatic carbocycles. The van der Waals surface area contributed by atoms with E-state index in [9.17, 15) is 9.59 Å². The Labute approximate surface area is 158 Å². The van der Waals surface area contributed by atoms with E-state index in [0.717, 1.165) is 12.8 Å². The topological polar surface area (TPSA) is 91.0 Å². The number of urea groups is 1. The fourth-order valence-electron chi connectivity index (χ4n) is 3.57. The van der Waals surface area contributed by atoms with Gasteiger partial charge in [0.15, 0.2) is 5.96 Å². The first kappa shape index (κ1) is 18.5. The third kappa shape index (κ3) is 3.77. The zero-order valence-corrected chi connectivity index (χ0v) is 15.8. The molecule has 3 amide bonds. The summed E-state index contributed by atoms with van der Waals surface area (Å²) in [7, 11) is 1.63. The number of halogens is 1. The maximum absolute atomic E-state index is 12.6. The number of amides is 3. The van der Waals surface area contributed by atoms with Crippen molar-refractivity contribution in [3.05, 3.63) is 29.3 Å². The van der Waals surface area contributed by atoms with Crippen LogP contribution in [0.3, 0.4) is 0 Å². The largest absolute Gasteiger partial charge is 0.369 e. The van der Waals surface area contributed by atoms with Crippen LogP contribution in [0.1, 0.15) is 26.2 Å². The number of nitrogens with zero attached hydrogens (tertiary/aromatic N) is 3. The highest BCUT2D eigenvalue weighted by atomic mass is 35.5. The summed E-state index contributed by atoms with van der Waals surface area (Å²) in [5, 5.41) is 3.51. The second kappa shape index (κ2) is 7.15. The van der Waals surface area contributed by atoms with Crippen LogP contribution in [0, 0.1) is 5.92 Å². The Morgan fingerprint density at radius 2 is 2.08 bits per heavy atom. The first-order chi connectivity index (χ1) is 12.3. The lowest BCUT2D eigenvalue weighted by Gasteiger charge is -2.43. The highest BCUT2D eigenvalue weighted by Crippen LogP contribution is 2.35. The minimum absolute atomic E-state index is 0.0391. The van der Waals surface area contributed by atoms with Gasteiger partial charge in [-0.05, 0) is 44.0 Å². The van der Waals surface area contributed by atoms with Gasteiger partial charge < -0.3 is 16.0 Å². The van der Waals surface area contributed by atoms with Crippen molar-refractivity contribution in [2.24, 2.45) is 16.6 Å². The maximum Gasteiger partial charge on any atom is 0.321 e. The third-order valence-electron chi connectivity index (χ3n) is 5.28. The number of hydrogen-bond donors (Lipinski definition) is 2. The van der Waals surface area contributed by atoms with Gasteiger partial charge in [-0.2, -0.15) is 0 Å². The van der Waals surface area contributed by atoms with Gasteiger partial charge in [0.1, 0.15) is 0 Å². The van der Waals surface area contributed by atoms with Crippen LogP contribution in [-0.4, -0.2) is 53.4 Å². The van der Waals surface area contributed by atoms with Crippen molar-refractivity contribution in [2.45, 2.75) is 31.7 Å². The Hall–Kier alpha value is -2.28. The Morgan fingerprint density at radius 1 is 1.38 bits per heavy atom. The Bertz CT molecular complexity index is 736. The van der Waals surface area contributed by atoms with E-state index in [-0.39, 0.29) is 23.8 Å². The number of guanidine groups is 1. The quantitative estimate of drug-likeness (QED) is 0.829. The Morgan fingerprint density at radius 3 is 2.73 bits per heavy atom. The van der Waals surface area contributed by atoms with Crippen molar-refractivity contribution in [1.82, 2.24) is 9.80 Å². The second-order valence-corrected chi connectivity index (χ2v) is 7.62. The van der Waals surface area contributed by atoms with E-state index in [1.165, 1.54) is 4.90 Å². The molecule has 26 heavy (non-hydrogen) atoms. The van der Waals surface area contributed by atoms with E-state index >= 15 is 0 Å². The molecule has 0 aromatic heterocycles. The van der Waals surface area contributed by atoms with Gasteiger partial charge in [0, 0.05) is 36.8 Å². The van der Waals surface area contributed by atoms with E-state index in [1.807, 2.05) is 6.92 Å². The van der Waals surface area contributed by atoms with Crippen molar-refractivity contribution in [2.75, 3.05) is 25.5 Å². The summed E-state index contributed by atoms with van der Waals surface area (Å²) < 4.78 is 0. The van der Waals surface area contributed by atoms with Crippen LogP contribution >= 0.6 is 11.6 Å². The molecule has 0 radical (unpaired) electrons. The minimum atomic E-state index is -0.576. The molecule has 0 aliphatic carbocycles. The molecule has 3 rings (SSSR count). The molecule has 2 heterocycles. The number of carbonyl (C=O) groups excluding carboxylic acids is 2. The van der Waals surface area contributed by atoms with Crippen molar-refractivity contribution in [3.63, 3.8) is 0 Å². The molecule has 8 heteroatoms. The van der Waals surface area contributed by atoms with Gasteiger partial charge in [-0.3, -0.25) is 9.69 Å². The molecule has 1 aromatic rings. The van der Waals surface area contributed by atoms with Crippen LogP contribution in [0.4, 0.5) is 10.5 Å². The smallest absolute Gasteiger partial charge is 0.321 e. The van der Waals surface area contributed by atoms with Gasteiger partial charge in [-0.25, -0.2) is 9.79 Å². The molecule has 2 aliphatic heterocycles. The summed E-state index contributed by atoms with van der Waals surface area (Å²) >= 11 is 5.87. The molecule has 2 aliphatic rings. The maximum atomic E-state index is 12.6. The molecule has 2 atom stereocenters. The number of aliphatic imine (C=N–C) groups is 1. The molecule has 1 unspecified atom stereocenters. The van der Waals surface area contributed by atoms with E-state index in [4.69, 9.17) is 17.3 Å². The number of rotatable bonds is 2. The summed E-state index contributed by atoms with van der Waals surface area (Å²) in [4.78, 5) is 32.6. The zero-order valence-electron chi connectivity index (χ0n) is 15.0. The summed E-state index contributed by atoms with van der Waals surface area (Å²) in [6.07, 6.45) is 2.09. The monoisotopic (exact) mass is 377 g/mol. The molecule has 7 nitrogen and oxygen atoms in total. The SMILES string of the molecule is CN1C(=O)C[C@@](C)(C2CCCN(C(=O)Nc3ccc(Cl)cc3)C2)N=C1N. The van der Waals surface area contributed by atoms with Crippen LogP contribution in [0.2, 0.25) is 5.02 Å². The van der Waals surface area contributed by atoms with E-state index in [1.54, 1.807) is 36.2 Å². The van der Waals surface area contributed by atoms with Crippen molar-refractivity contribution in [1.29, 1.82) is 0 Å². The molecule has 3 N–H and O–H groups in total. The molecule has 0 spiro atoms.